The summed E-state index contributed by atoms with van der Waals surface area (Å²) in [5.74, 6) is -2.18. The van der Waals surface area contributed by atoms with Crippen molar-refractivity contribution in [2.24, 2.45) is 11.8 Å². The molecule has 0 heterocycles. The maximum atomic E-state index is 13.8. The molecule has 26 heavy (non-hydrogen) atoms. The van der Waals surface area contributed by atoms with Crippen molar-refractivity contribution in [2.45, 2.75) is 96.2 Å². The van der Waals surface area contributed by atoms with Crippen LogP contribution in [0, 0.1) is 11.8 Å². The van der Waals surface area contributed by atoms with Crippen molar-refractivity contribution in [3.05, 3.63) is 0 Å². The monoisotopic (exact) mass is 399 g/mol. The predicted molar refractivity (Wildman–Crippen MR) is 96.8 cm³/mol. The summed E-state index contributed by atoms with van der Waals surface area (Å²) in [5.41, 5.74) is 0. The fourth-order valence-electron chi connectivity index (χ4n) is 3.01. The molecule has 1 unspecified atom stereocenters. The Balaban J connectivity index is 3.09. The molecule has 0 aliphatic heterocycles. The van der Waals surface area contributed by atoms with Gasteiger partial charge in [-0.25, -0.2) is 8.93 Å². The Kier molecular flexibility index (Phi) is 8.58. The van der Waals surface area contributed by atoms with Gasteiger partial charge in [0, 0.05) is 0 Å². The van der Waals surface area contributed by atoms with Crippen LogP contribution in [0.4, 0.5) is 13.2 Å². The van der Waals surface area contributed by atoms with E-state index < -0.39 is 45.9 Å². The maximum Gasteiger partial charge on any atom is 0.405 e. The first-order valence-electron chi connectivity index (χ1n) is 9.31. The second-order valence-electron chi connectivity index (χ2n) is 8.17. The van der Waals surface area contributed by atoms with E-state index in [1.165, 1.54) is 0 Å². The lowest BCUT2D eigenvalue weighted by Gasteiger charge is -2.32. The first-order valence-corrected chi connectivity index (χ1v) is 10.5. The molecular formula is C18H32F3NO3S. The van der Waals surface area contributed by atoms with E-state index in [0.717, 1.165) is 25.7 Å². The van der Waals surface area contributed by atoms with Gasteiger partial charge in [-0.05, 0) is 46.5 Å². The molecule has 0 amide bonds. The van der Waals surface area contributed by atoms with Gasteiger partial charge in [-0.3, -0.25) is 4.79 Å². The molecule has 0 aromatic heterocycles. The van der Waals surface area contributed by atoms with E-state index in [1.54, 1.807) is 34.6 Å². The summed E-state index contributed by atoms with van der Waals surface area (Å²) in [5, 5.41) is 0. The molecule has 0 saturated heterocycles. The van der Waals surface area contributed by atoms with Crippen LogP contribution in [0.15, 0.2) is 0 Å². The summed E-state index contributed by atoms with van der Waals surface area (Å²) in [7, 11) is -1.95. The zero-order valence-electron chi connectivity index (χ0n) is 16.3. The van der Waals surface area contributed by atoms with Crippen molar-refractivity contribution in [1.82, 2.24) is 4.72 Å². The molecule has 1 N–H and O–H groups in total. The second kappa shape index (κ2) is 9.53. The van der Waals surface area contributed by atoms with Crippen LogP contribution in [0.25, 0.3) is 0 Å². The fraction of sp³-hybridized carbons (Fsp3) is 0.944. The largest absolute Gasteiger partial charge is 0.462 e. The van der Waals surface area contributed by atoms with Gasteiger partial charge in [0.2, 0.25) is 0 Å². The molecule has 4 nitrogen and oxygen atoms in total. The molecule has 1 aliphatic carbocycles. The summed E-state index contributed by atoms with van der Waals surface area (Å²) >= 11 is 0. The number of carbonyl (C=O) groups excluding carboxylic acids is 1. The Morgan fingerprint density at radius 2 is 1.77 bits per heavy atom. The SMILES string of the molecule is CCC(C)OC(=O)[C@@H](CC1CCCC1)[C@H](N[S@@](=O)C(C)(C)C)C(F)(F)F. The summed E-state index contributed by atoms with van der Waals surface area (Å²) in [6.45, 7) is 8.24. The van der Waals surface area contributed by atoms with Gasteiger partial charge in [-0.15, -0.1) is 0 Å². The van der Waals surface area contributed by atoms with Crippen molar-refractivity contribution in [2.75, 3.05) is 0 Å². The van der Waals surface area contributed by atoms with Gasteiger partial charge in [0.15, 0.2) is 0 Å². The highest BCUT2D eigenvalue weighted by Crippen LogP contribution is 2.36. The smallest absolute Gasteiger partial charge is 0.405 e. The van der Waals surface area contributed by atoms with Crippen molar-refractivity contribution in [1.29, 1.82) is 0 Å². The van der Waals surface area contributed by atoms with Gasteiger partial charge >= 0.3 is 12.1 Å². The molecule has 0 spiro atoms. The Labute approximate surface area is 157 Å². The van der Waals surface area contributed by atoms with Crippen molar-refractivity contribution in [3.63, 3.8) is 0 Å². The van der Waals surface area contributed by atoms with Gasteiger partial charge in [-0.2, -0.15) is 13.2 Å². The number of alkyl halides is 3. The third-order valence-corrected chi connectivity index (χ3v) is 6.38. The molecular weight excluding hydrogens is 367 g/mol. The van der Waals surface area contributed by atoms with Gasteiger partial charge in [0.05, 0.1) is 27.8 Å². The molecule has 4 atom stereocenters. The van der Waals surface area contributed by atoms with E-state index in [0.29, 0.717) is 6.42 Å². The highest BCUT2D eigenvalue weighted by molar-refractivity contribution is 7.84. The number of esters is 1. The van der Waals surface area contributed by atoms with Crippen LogP contribution < -0.4 is 4.72 Å². The summed E-state index contributed by atoms with van der Waals surface area (Å²) in [6.07, 6.45) is -0.937. The standard InChI is InChI=1S/C18H32F3NO3S/c1-6-12(2)25-16(23)14(11-13-9-7-8-10-13)15(18(19,20)21)22-26(24)17(3,4)5/h12-15,22H,6-11H2,1-5H3/t12?,14-,15-,26-/m0/s1. The minimum atomic E-state index is -4.70. The van der Waals surface area contributed by atoms with Crippen molar-refractivity contribution < 1.29 is 26.9 Å². The van der Waals surface area contributed by atoms with E-state index in [9.17, 15) is 22.2 Å². The molecule has 0 bridgehead atoms. The molecule has 1 rings (SSSR count). The highest BCUT2D eigenvalue weighted by atomic mass is 32.2. The Bertz CT molecular complexity index is 485. The minimum absolute atomic E-state index is 0.0687. The second-order valence-corrected chi connectivity index (χ2v) is 10.2. The number of rotatable bonds is 8. The number of carbonyl (C=O) groups is 1. The van der Waals surface area contributed by atoms with E-state index >= 15 is 0 Å². The molecule has 1 aliphatic rings. The molecule has 0 aromatic carbocycles. The van der Waals surface area contributed by atoms with Crippen LogP contribution in [0.2, 0.25) is 0 Å². The first-order chi connectivity index (χ1) is 11.9. The lowest BCUT2D eigenvalue weighted by molar-refractivity contribution is -0.182. The number of ether oxygens (including phenoxy) is 1. The third kappa shape index (κ3) is 7.18. The molecule has 8 heteroatoms. The van der Waals surface area contributed by atoms with Crippen LogP contribution in [0.3, 0.4) is 0 Å². The summed E-state index contributed by atoms with van der Waals surface area (Å²) < 4.78 is 60.2. The predicted octanol–water partition coefficient (Wildman–Crippen LogP) is 4.51. The Morgan fingerprint density at radius 1 is 1.23 bits per heavy atom. The van der Waals surface area contributed by atoms with E-state index in [-0.39, 0.29) is 12.3 Å². The topological polar surface area (TPSA) is 55.4 Å². The van der Waals surface area contributed by atoms with Crippen LogP contribution >= 0.6 is 0 Å². The third-order valence-electron chi connectivity index (χ3n) is 4.80. The Hall–Kier alpha value is -0.630. The van der Waals surface area contributed by atoms with E-state index in [2.05, 4.69) is 4.72 Å². The first kappa shape index (κ1) is 23.4. The van der Waals surface area contributed by atoms with Crippen molar-refractivity contribution in [3.8, 4) is 0 Å². The average molecular weight is 400 g/mol. The molecule has 154 valence electrons. The Morgan fingerprint density at radius 3 is 2.19 bits per heavy atom. The van der Waals surface area contributed by atoms with Crippen LogP contribution in [-0.2, 0) is 20.5 Å². The zero-order chi connectivity index (χ0) is 20.1. The van der Waals surface area contributed by atoms with Crippen molar-refractivity contribution >= 4 is 17.0 Å². The lowest BCUT2D eigenvalue weighted by atomic mass is 9.88. The van der Waals surface area contributed by atoms with Gasteiger partial charge in [0.1, 0.15) is 6.04 Å². The molecule has 0 aromatic rings. The quantitative estimate of drug-likeness (QED) is 0.611. The highest BCUT2D eigenvalue weighted by Gasteiger charge is 2.50. The van der Waals surface area contributed by atoms with Gasteiger partial charge < -0.3 is 4.74 Å². The number of nitrogens with one attached hydrogen (secondary N) is 1. The minimum Gasteiger partial charge on any atom is -0.462 e. The lowest BCUT2D eigenvalue weighted by Crippen LogP contribution is -2.54. The summed E-state index contributed by atoms with van der Waals surface area (Å²) in [4.78, 5) is 12.6. The normalized spacial score (nSPS) is 21.2. The zero-order valence-corrected chi connectivity index (χ0v) is 17.1. The van der Waals surface area contributed by atoms with Crippen LogP contribution in [0.1, 0.15) is 73.1 Å². The number of hydrogen-bond acceptors (Lipinski definition) is 3. The van der Waals surface area contributed by atoms with Crippen LogP contribution in [-0.4, -0.2) is 33.2 Å². The van der Waals surface area contributed by atoms with Crippen LogP contribution in [0.5, 0.6) is 0 Å². The van der Waals surface area contributed by atoms with Gasteiger partial charge in [0.25, 0.3) is 0 Å². The fourth-order valence-corrected chi connectivity index (χ4v) is 3.89. The number of hydrogen-bond donors (Lipinski definition) is 1. The summed E-state index contributed by atoms with van der Waals surface area (Å²) in [6, 6.07) is -2.18. The number of halogens is 3. The molecule has 0 radical (unpaired) electrons. The maximum absolute atomic E-state index is 13.8. The average Bonchev–Trinajstić information content (AvgIpc) is 3.01. The molecule has 1 fully saturated rings. The van der Waals surface area contributed by atoms with E-state index in [4.69, 9.17) is 4.74 Å². The van der Waals surface area contributed by atoms with Gasteiger partial charge in [-0.1, -0.05) is 32.6 Å². The van der Waals surface area contributed by atoms with E-state index in [1.807, 2.05) is 0 Å². The molecule has 1 saturated carbocycles.